The highest BCUT2D eigenvalue weighted by Crippen LogP contribution is 2.31. The summed E-state index contributed by atoms with van der Waals surface area (Å²) in [5.74, 6) is 0.906. The lowest BCUT2D eigenvalue weighted by Gasteiger charge is -2.33. The number of H-pyrrole nitrogens is 1. The van der Waals surface area contributed by atoms with Gasteiger partial charge in [-0.2, -0.15) is 0 Å². The van der Waals surface area contributed by atoms with Gasteiger partial charge in [0, 0.05) is 55.5 Å². The predicted octanol–water partition coefficient (Wildman–Crippen LogP) is 4.24. The van der Waals surface area contributed by atoms with Crippen molar-refractivity contribution in [3.63, 3.8) is 0 Å². The molecule has 1 aromatic heterocycles. The van der Waals surface area contributed by atoms with E-state index in [1.54, 1.807) is 0 Å². The molecule has 28 heavy (non-hydrogen) atoms. The Morgan fingerprint density at radius 2 is 1.75 bits per heavy atom. The molecule has 0 bridgehead atoms. The number of piperazine rings is 1. The van der Waals surface area contributed by atoms with Crippen LogP contribution in [0.2, 0.25) is 0 Å². The Hall–Kier alpha value is -2.50. The zero-order valence-electron chi connectivity index (χ0n) is 16.9. The minimum absolute atomic E-state index is 0.709. The number of ether oxygens (including phenoxy) is 1. The number of nitrogens with zero attached hydrogens (tertiary/aromatic N) is 2. The molecule has 0 amide bonds. The number of fused-ring (bicyclic) bond motifs is 1. The number of rotatable bonds is 7. The van der Waals surface area contributed by atoms with Crippen LogP contribution in [0.25, 0.3) is 10.9 Å². The number of aromatic nitrogens is 1. The molecule has 0 atom stereocenters. The van der Waals surface area contributed by atoms with Crippen LogP contribution in [0, 0.1) is 6.92 Å². The number of likely N-dealkylation sites (N-methyl/N-ethyl adjacent to an activating group) is 1. The lowest BCUT2D eigenvalue weighted by atomic mass is 10.1. The monoisotopic (exact) mass is 378 g/mol. The van der Waals surface area contributed by atoms with Gasteiger partial charge in [-0.15, -0.1) is 0 Å². The zero-order valence-corrected chi connectivity index (χ0v) is 16.9. The van der Waals surface area contributed by atoms with E-state index in [0.717, 1.165) is 61.9 Å². The van der Waals surface area contributed by atoms with Gasteiger partial charge in [0.2, 0.25) is 0 Å². The van der Waals surface area contributed by atoms with Crippen LogP contribution in [0.15, 0.2) is 48.7 Å². The summed E-state index contributed by atoms with van der Waals surface area (Å²) in [6.07, 6.45) is 1.98. The number of hydrogen-bond acceptors (Lipinski definition) is 4. The molecule has 5 heteroatoms. The van der Waals surface area contributed by atoms with Gasteiger partial charge in [-0.25, -0.2) is 0 Å². The molecule has 4 rings (SSSR count). The third-order valence-electron chi connectivity index (χ3n) is 5.74. The first-order valence-electron chi connectivity index (χ1n) is 10.2. The van der Waals surface area contributed by atoms with Crippen molar-refractivity contribution in [2.24, 2.45) is 0 Å². The lowest BCUT2D eigenvalue weighted by Crippen LogP contribution is -2.47. The Morgan fingerprint density at radius 3 is 2.57 bits per heavy atom. The summed E-state index contributed by atoms with van der Waals surface area (Å²) >= 11 is 0. The number of hydrogen-bond donors (Lipinski definition) is 2. The minimum Gasteiger partial charge on any atom is -0.490 e. The largest absolute Gasteiger partial charge is 0.490 e. The molecule has 1 aliphatic rings. The maximum atomic E-state index is 6.15. The molecule has 0 spiro atoms. The molecule has 5 nitrogen and oxygen atoms in total. The average molecular weight is 379 g/mol. The second-order valence-corrected chi connectivity index (χ2v) is 7.42. The van der Waals surface area contributed by atoms with Crippen LogP contribution in [-0.2, 0) is 0 Å². The summed E-state index contributed by atoms with van der Waals surface area (Å²) in [5.41, 5.74) is 4.52. The van der Waals surface area contributed by atoms with Gasteiger partial charge in [0.1, 0.15) is 12.4 Å². The summed E-state index contributed by atoms with van der Waals surface area (Å²) in [4.78, 5) is 8.26. The molecule has 148 valence electrons. The van der Waals surface area contributed by atoms with Crippen molar-refractivity contribution in [3.8, 4) is 5.75 Å². The average Bonchev–Trinajstić information content (AvgIpc) is 3.21. The normalized spacial score (nSPS) is 15.8. The zero-order chi connectivity index (χ0) is 19.3. The summed E-state index contributed by atoms with van der Waals surface area (Å²) in [5, 5.41) is 4.81. The third kappa shape index (κ3) is 4.16. The first kappa shape index (κ1) is 18.8. The van der Waals surface area contributed by atoms with E-state index in [1.165, 1.54) is 10.9 Å². The van der Waals surface area contributed by atoms with Crippen LogP contribution in [0.5, 0.6) is 5.75 Å². The van der Waals surface area contributed by atoms with Gasteiger partial charge < -0.3 is 19.9 Å². The summed E-state index contributed by atoms with van der Waals surface area (Å²) in [6, 6.07) is 14.6. The second kappa shape index (κ2) is 8.67. The Labute approximate surface area is 167 Å². The van der Waals surface area contributed by atoms with Gasteiger partial charge in [0.25, 0.3) is 0 Å². The van der Waals surface area contributed by atoms with E-state index in [9.17, 15) is 0 Å². The molecule has 0 radical (unpaired) electrons. The van der Waals surface area contributed by atoms with E-state index in [4.69, 9.17) is 4.74 Å². The van der Waals surface area contributed by atoms with Crippen molar-refractivity contribution in [1.82, 2.24) is 14.8 Å². The van der Waals surface area contributed by atoms with Crippen molar-refractivity contribution in [2.45, 2.75) is 13.8 Å². The van der Waals surface area contributed by atoms with Crippen LogP contribution in [-0.4, -0.2) is 60.7 Å². The molecule has 1 fully saturated rings. The summed E-state index contributed by atoms with van der Waals surface area (Å²) < 4.78 is 6.15. The van der Waals surface area contributed by atoms with Gasteiger partial charge >= 0.3 is 0 Å². The van der Waals surface area contributed by atoms with Gasteiger partial charge in [0.15, 0.2) is 0 Å². The molecule has 2 N–H and O–H groups in total. The van der Waals surface area contributed by atoms with Gasteiger partial charge in [-0.1, -0.05) is 19.1 Å². The number of nitrogens with one attached hydrogen (secondary N) is 2. The highest BCUT2D eigenvalue weighted by atomic mass is 16.5. The first-order chi connectivity index (χ1) is 13.7. The number of para-hydroxylation sites is 2. The molecule has 0 unspecified atom stereocenters. The van der Waals surface area contributed by atoms with Crippen LogP contribution in [0.4, 0.5) is 11.4 Å². The van der Waals surface area contributed by atoms with E-state index in [0.29, 0.717) is 6.61 Å². The van der Waals surface area contributed by atoms with Gasteiger partial charge in [-0.3, -0.25) is 4.90 Å². The first-order valence-corrected chi connectivity index (χ1v) is 10.2. The van der Waals surface area contributed by atoms with Crippen LogP contribution in [0.3, 0.4) is 0 Å². The molecule has 1 saturated heterocycles. The topological polar surface area (TPSA) is 43.5 Å². The van der Waals surface area contributed by atoms with E-state index >= 15 is 0 Å². The van der Waals surface area contributed by atoms with E-state index in [1.807, 2.05) is 24.4 Å². The lowest BCUT2D eigenvalue weighted by molar-refractivity contribution is 0.121. The van der Waals surface area contributed by atoms with Crippen LogP contribution in [0.1, 0.15) is 12.5 Å². The van der Waals surface area contributed by atoms with Crippen molar-refractivity contribution >= 4 is 22.3 Å². The summed E-state index contributed by atoms with van der Waals surface area (Å²) in [6.45, 7) is 11.8. The SMILES string of the molecule is CCN1CCN(CCOc2ccccc2Nc2ccc3[nH]ccc3c2C)CC1. The minimum atomic E-state index is 0.709. The predicted molar refractivity (Wildman–Crippen MR) is 117 cm³/mol. The van der Waals surface area contributed by atoms with Gasteiger partial charge in [0.05, 0.1) is 5.69 Å². The molecule has 3 aromatic rings. The maximum absolute atomic E-state index is 6.15. The van der Waals surface area contributed by atoms with Crippen molar-refractivity contribution in [2.75, 3.05) is 51.2 Å². The smallest absolute Gasteiger partial charge is 0.142 e. The molecule has 1 aliphatic heterocycles. The third-order valence-corrected chi connectivity index (χ3v) is 5.74. The van der Waals surface area contributed by atoms with E-state index < -0.39 is 0 Å². The quantitative estimate of drug-likeness (QED) is 0.646. The molecule has 2 heterocycles. The number of aryl methyl sites for hydroxylation is 1. The Morgan fingerprint density at radius 1 is 0.964 bits per heavy atom. The standard InChI is InChI=1S/C23H30N4O/c1-3-26-12-14-27(15-13-26)16-17-28-23-7-5-4-6-22(23)25-20-8-9-21-19(18(20)2)10-11-24-21/h4-11,24-25H,3,12-17H2,1-2H3. The van der Waals surface area contributed by atoms with E-state index in [2.05, 4.69) is 58.2 Å². The Kier molecular flexibility index (Phi) is 5.84. The molecule has 0 saturated carbocycles. The van der Waals surface area contributed by atoms with Gasteiger partial charge in [-0.05, 0) is 49.4 Å². The highest BCUT2D eigenvalue weighted by Gasteiger charge is 2.15. The fourth-order valence-electron chi connectivity index (χ4n) is 3.87. The fourth-order valence-corrected chi connectivity index (χ4v) is 3.87. The highest BCUT2D eigenvalue weighted by molar-refractivity contribution is 5.89. The van der Waals surface area contributed by atoms with Crippen molar-refractivity contribution < 1.29 is 4.74 Å². The van der Waals surface area contributed by atoms with Crippen molar-refractivity contribution in [1.29, 1.82) is 0 Å². The number of benzene rings is 2. The fraction of sp³-hybridized carbons (Fsp3) is 0.391. The Balaban J connectivity index is 1.39. The molecule has 0 aliphatic carbocycles. The van der Waals surface area contributed by atoms with Crippen LogP contribution < -0.4 is 10.1 Å². The summed E-state index contributed by atoms with van der Waals surface area (Å²) in [7, 11) is 0. The Bertz CT molecular complexity index is 912. The molecular formula is C23H30N4O. The molecular weight excluding hydrogens is 348 g/mol. The number of anilines is 2. The van der Waals surface area contributed by atoms with Crippen molar-refractivity contribution in [3.05, 3.63) is 54.2 Å². The molecule has 2 aromatic carbocycles. The van der Waals surface area contributed by atoms with Crippen LogP contribution >= 0.6 is 0 Å². The second-order valence-electron chi connectivity index (χ2n) is 7.42. The van der Waals surface area contributed by atoms with E-state index in [-0.39, 0.29) is 0 Å². The number of aromatic amines is 1. The maximum Gasteiger partial charge on any atom is 0.142 e.